The van der Waals surface area contributed by atoms with Crippen molar-refractivity contribution in [3.8, 4) is 0 Å². The summed E-state index contributed by atoms with van der Waals surface area (Å²) in [5.74, 6) is -9.28. The van der Waals surface area contributed by atoms with Crippen LogP contribution in [-0.2, 0) is 33.4 Å². The number of halogens is 3. The van der Waals surface area contributed by atoms with Gasteiger partial charge in [-0.2, -0.15) is 8.78 Å². The van der Waals surface area contributed by atoms with Crippen LogP contribution in [0, 0.1) is 0 Å². The lowest BCUT2D eigenvalue weighted by molar-refractivity contribution is -0.147. The maximum absolute atomic E-state index is 14.7. The number of rotatable bonds is 5. The van der Waals surface area contributed by atoms with E-state index in [0.717, 1.165) is 29.2 Å². The summed E-state index contributed by atoms with van der Waals surface area (Å²) in [5.41, 5.74) is -0.667. The van der Waals surface area contributed by atoms with Crippen molar-refractivity contribution in [2.24, 2.45) is 0 Å². The van der Waals surface area contributed by atoms with Crippen LogP contribution in [0.15, 0.2) is 42.5 Å². The molecule has 4 rings (SSSR count). The highest BCUT2D eigenvalue weighted by atomic mass is 35.5. The van der Waals surface area contributed by atoms with Crippen LogP contribution < -0.4 is 10.6 Å². The Morgan fingerprint density at radius 3 is 2.78 bits per heavy atom. The van der Waals surface area contributed by atoms with Gasteiger partial charge in [0.05, 0.1) is 2.74 Å². The van der Waals surface area contributed by atoms with E-state index in [1.54, 1.807) is 0 Å². The molecule has 0 saturated carbocycles. The molecule has 2 aliphatic heterocycles. The van der Waals surface area contributed by atoms with Crippen molar-refractivity contribution in [2.75, 3.05) is 0 Å². The fraction of sp³-hybridized carbons (Fsp3) is 0.273. The average molecular weight is 467 g/mol. The summed E-state index contributed by atoms with van der Waals surface area (Å²) >= 11 is 5.69. The van der Waals surface area contributed by atoms with Crippen molar-refractivity contribution >= 4 is 35.2 Å². The van der Waals surface area contributed by atoms with Crippen LogP contribution in [0.5, 0.6) is 0 Å². The van der Waals surface area contributed by atoms with Crippen molar-refractivity contribution in [3.63, 3.8) is 0 Å². The zero-order valence-electron chi connectivity index (χ0n) is 21.2. The Morgan fingerprint density at radius 2 is 2.06 bits per heavy atom. The maximum Gasteiger partial charge on any atom is 0.349 e. The van der Waals surface area contributed by atoms with E-state index < -0.39 is 67.0 Å². The lowest BCUT2D eigenvalue weighted by Gasteiger charge is -2.29. The summed E-state index contributed by atoms with van der Waals surface area (Å²) in [5, 5.41) is -0.0902. The topological polar surface area (TPSA) is 95.6 Å². The summed E-state index contributed by atoms with van der Waals surface area (Å²) in [7, 11) is 0. The molecule has 2 N–H and O–H groups in total. The number of imide groups is 1. The van der Waals surface area contributed by atoms with Crippen LogP contribution in [0.1, 0.15) is 44.0 Å². The van der Waals surface area contributed by atoms with Crippen LogP contribution in [0.25, 0.3) is 0 Å². The van der Waals surface area contributed by atoms with E-state index in [1.165, 1.54) is 18.2 Å². The lowest BCUT2D eigenvalue weighted by Crippen LogP contribution is -2.52. The Morgan fingerprint density at radius 1 is 1.34 bits per heavy atom. The second kappa shape index (κ2) is 8.31. The number of carbonyl (C=O) groups excluding carboxylic acids is 4. The summed E-state index contributed by atoms with van der Waals surface area (Å²) in [6.45, 7) is -2.33. The zero-order chi connectivity index (χ0) is 27.4. The van der Waals surface area contributed by atoms with Crippen molar-refractivity contribution in [1.29, 1.82) is 0 Å². The first kappa shape index (κ1) is 16.3. The van der Waals surface area contributed by atoms with E-state index >= 15 is 0 Å². The van der Waals surface area contributed by atoms with Crippen LogP contribution in [0.3, 0.4) is 0 Å². The standard InChI is InChI=1S/C22H18ClF2N3O4/c23-15-4-2-14(3-5-15)22(24,25)21(32)26-10-12-1-6-16-13(9-12)11-28(20(16)31)17-7-8-18(29)27-19(17)30/h1-6,9,17H,7-8,10-11H2,(H,26,32)(H,27,29,30)/t17-/m0/s1/i7D,10D,17D/hD2/t7?,10?,17-. The quantitative estimate of drug-likeness (QED) is 0.662. The Kier molecular flexibility index (Phi) is 4.24. The lowest BCUT2D eigenvalue weighted by atomic mass is 10.0. The molecular weight excluding hydrogens is 444 g/mol. The molecule has 0 radical (unpaired) electrons. The smallest absolute Gasteiger partial charge is 0.346 e. The van der Waals surface area contributed by atoms with Crippen LogP contribution >= 0.6 is 11.6 Å². The molecule has 2 aromatic carbocycles. The number of hydrogen-bond acceptors (Lipinski definition) is 4. The predicted molar refractivity (Wildman–Crippen MR) is 110 cm³/mol. The third-order valence-electron chi connectivity index (χ3n) is 4.95. The van der Waals surface area contributed by atoms with Gasteiger partial charge in [-0.25, -0.2) is 0 Å². The van der Waals surface area contributed by atoms with Crippen LogP contribution in [0.4, 0.5) is 8.78 Å². The van der Waals surface area contributed by atoms with Crippen molar-refractivity contribution < 1.29 is 34.9 Å². The van der Waals surface area contributed by atoms with E-state index in [9.17, 15) is 28.0 Å². The minimum Gasteiger partial charge on any atom is -0.346 e. The summed E-state index contributed by atoms with van der Waals surface area (Å²) in [6.07, 6.45) is -2.29. The highest BCUT2D eigenvalue weighted by molar-refractivity contribution is 6.30. The van der Waals surface area contributed by atoms with Gasteiger partial charge in [-0.05, 0) is 35.7 Å². The van der Waals surface area contributed by atoms with Crippen LogP contribution in [0.2, 0.25) is 7.85 Å². The Balaban J connectivity index is 1.58. The van der Waals surface area contributed by atoms with Gasteiger partial charge in [-0.1, -0.05) is 35.9 Å². The number of nitrogens with one attached hydrogen (secondary N) is 2. The molecule has 32 heavy (non-hydrogen) atoms. The minimum atomic E-state index is -4.13. The molecule has 0 aliphatic carbocycles. The van der Waals surface area contributed by atoms with Crippen molar-refractivity contribution in [1.82, 2.24) is 15.5 Å². The number of hydrogen-bond donors (Lipinski definition) is 2. The van der Waals surface area contributed by atoms with Crippen molar-refractivity contribution in [2.45, 2.75) is 37.8 Å². The zero-order valence-corrected chi connectivity index (χ0v) is 17.0. The third kappa shape index (κ3) is 4.08. The molecule has 0 spiro atoms. The molecule has 7 nitrogen and oxygen atoms in total. The van der Waals surface area contributed by atoms with E-state index in [0.29, 0.717) is 0 Å². The van der Waals surface area contributed by atoms with Gasteiger partial charge >= 0.3 is 5.92 Å². The van der Waals surface area contributed by atoms with Gasteiger partial charge in [-0.15, -0.1) is 0 Å². The molecule has 0 bridgehead atoms. The molecular formula is C22H18ClF2N3O4. The Labute approximate surface area is 193 Å². The highest BCUT2D eigenvalue weighted by Crippen LogP contribution is 2.30. The number of benzene rings is 2. The molecule has 10 heteroatoms. The number of amides is 4. The first-order valence-electron chi connectivity index (χ1n) is 11.9. The molecule has 2 aromatic rings. The molecule has 2 heterocycles. The minimum absolute atomic E-state index is 0.00893. The second-order valence-corrected chi connectivity index (χ2v) is 7.49. The van der Waals surface area contributed by atoms with E-state index in [4.69, 9.17) is 18.5 Å². The van der Waals surface area contributed by atoms with Gasteiger partial charge in [0.2, 0.25) is 11.8 Å². The van der Waals surface area contributed by atoms with E-state index in [1.807, 2.05) is 0 Å². The molecule has 2 aliphatic rings. The molecule has 3 atom stereocenters. The first-order valence-corrected chi connectivity index (χ1v) is 9.71. The Bertz CT molecular complexity index is 1320. The SMILES string of the molecule is [2H]C(c1ccc2c(c1)CN([C@]1([2H])C(=O)N([2H])C(=O)CC1[2H])C2=O)N([2H])C(=O)C(F)(F)c1ccc(Cl)cc1. The normalized spacial score (nSPS) is 26.5. The fourth-order valence-corrected chi connectivity index (χ4v) is 3.45. The van der Waals surface area contributed by atoms with Crippen LogP contribution in [-0.4, -0.2) is 34.5 Å². The molecule has 1 fully saturated rings. The summed E-state index contributed by atoms with van der Waals surface area (Å²) < 4.78 is 69.7. The van der Waals surface area contributed by atoms with Gasteiger partial charge in [0.1, 0.15) is 6.02 Å². The monoisotopic (exact) mass is 466 g/mol. The first-order chi connectivity index (χ1) is 17.2. The summed E-state index contributed by atoms with van der Waals surface area (Å²) in [6, 6.07) is 5.18. The largest absolute Gasteiger partial charge is 0.349 e. The molecule has 1 saturated heterocycles. The van der Waals surface area contributed by atoms with Gasteiger partial charge < -0.3 is 10.2 Å². The maximum atomic E-state index is 14.7. The highest BCUT2D eigenvalue weighted by Gasteiger charge is 2.41. The fourth-order valence-electron chi connectivity index (χ4n) is 3.33. The number of fused-ring (bicyclic) bond motifs is 1. The third-order valence-corrected chi connectivity index (χ3v) is 5.20. The Hall–Kier alpha value is -3.33. The van der Waals surface area contributed by atoms with Gasteiger partial charge in [0, 0.05) is 37.0 Å². The van der Waals surface area contributed by atoms with Gasteiger partial charge in [-0.3, -0.25) is 24.5 Å². The van der Waals surface area contributed by atoms with Gasteiger partial charge in [0.25, 0.3) is 11.8 Å². The van der Waals surface area contributed by atoms with Gasteiger partial charge in [0.15, 0.2) is 2.82 Å². The molecule has 166 valence electrons. The number of carbonyl (C=O) groups is 4. The number of nitrogens with zero attached hydrogens (tertiary/aromatic N) is 1. The molecule has 0 aromatic heterocycles. The predicted octanol–water partition coefficient (Wildman–Crippen LogP) is 2.51. The number of piperidine rings is 1. The second-order valence-electron chi connectivity index (χ2n) is 7.06. The summed E-state index contributed by atoms with van der Waals surface area (Å²) in [4.78, 5) is 50.4. The number of alkyl halides is 2. The molecule has 2 unspecified atom stereocenters. The van der Waals surface area contributed by atoms with E-state index in [-0.39, 0.29) is 32.3 Å². The average Bonchev–Trinajstić information content (AvgIpc) is 3.21. The van der Waals surface area contributed by atoms with Crippen molar-refractivity contribution in [3.05, 3.63) is 69.7 Å². The molecule has 4 amide bonds. The van der Waals surface area contributed by atoms with E-state index in [2.05, 4.69) is 0 Å².